The van der Waals surface area contributed by atoms with Gasteiger partial charge in [0.25, 0.3) is 0 Å². The van der Waals surface area contributed by atoms with Gasteiger partial charge in [0.05, 0.1) is 6.54 Å². The average molecular weight is 313 g/mol. The third-order valence-electron chi connectivity index (χ3n) is 3.36. The Balaban J connectivity index is 2.24. The van der Waals surface area contributed by atoms with Crippen LogP contribution in [-0.2, 0) is 4.79 Å². The van der Waals surface area contributed by atoms with Crippen molar-refractivity contribution in [1.29, 1.82) is 0 Å². The van der Waals surface area contributed by atoms with Crippen molar-refractivity contribution >= 4 is 29.4 Å². The molecule has 7 nitrogen and oxygen atoms in total. The van der Waals surface area contributed by atoms with E-state index >= 15 is 0 Å². The molecule has 8 heteroatoms. The molecule has 1 fully saturated rings. The minimum atomic E-state index is -0.0808. The van der Waals surface area contributed by atoms with E-state index in [1.165, 1.54) is 0 Å². The zero-order chi connectivity index (χ0) is 15.2. The van der Waals surface area contributed by atoms with Crippen molar-refractivity contribution < 1.29 is 4.79 Å². The zero-order valence-electron chi connectivity index (χ0n) is 12.5. The molecule has 1 saturated heterocycles. The van der Waals surface area contributed by atoms with Crippen molar-refractivity contribution in [2.75, 3.05) is 43.0 Å². The molecule has 1 aromatic heterocycles. The quantitative estimate of drug-likeness (QED) is 0.847. The largest absolute Gasteiger partial charge is 0.358 e. The molecule has 1 aliphatic rings. The lowest BCUT2D eigenvalue weighted by molar-refractivity contribution is -0.119. The molecule has 0 radical (unpaired) electrons. The molecule has 0 bridgehead atoms. The Labute approximate surface area is 129 Å². The van der Waals surface area contributed by atoms with Crippen molar-refractivity contribution in [3.8, 4) is 0 Å². The number of halogens is 1. The van der Waals surface area contributed by atoms with Gasteiger partial charge in [0.2, 0.25) is 23.1 Å². The first-order valence-corrected chi connectivity index (χ1v) is 7.64. The van der Waals surface area contributed by atoms with Crippen LogP contribution in [0.15, 0.2) is 0 Å². The molecular weight excluding hydrogens is 292 g/mol. The van der Waals surface area contributed by atoms with Gasteiger partial charge in [-0.05, 0) is 30.9 Å². The van der Waals surface area contributed by atoms with Gasteiger partial charge >= 0.3 is 0 Å². The second kappa shape index (κ2) is 7.40. The van der Waals surface area contributed by atoms with Crippen LogP contribution in [-0.4, -0.2) is 54.1 Å². The van der Waals surface area contributed by atoms with E-state index in [1.807, 2.05) is 11.8 Å². The number of hydrogen-bond donors (Lipinski definition) is 1. The fraction of sp³-hybridized carbons (Fsp3) is 0.692. The lowest BCUT2D eigenvalue weighted by atomic mass is 10.4. The van der Waals surface area contributed by atoms with Gasteiger partial charge in [-0.3, -0.25) is 4.79 Å². The van der Waals surface area contributed by atoms with Crippen molar-refractivity contribution in [3.63, 3.8) is 0 Å². The summed E-state index contributed by atoms with van der Waals surface area (Å²) < 4.78 is 0. The molecule has 0 unspecified atom stereocenters. The van der Waals surface area contributed by atoms with Crippen LogP contribution in [0.25, 0.3) is 0 Å². The van der Waals surface area contributed by atoms with Crippen LogP contribution in [0.2, 0.25) is 5.28 Å². The highest BCUT2D eigenvalue weighted by Gasteiger charge is 2.20. The van der Waals surface area contributed by atoms with E-state index in [1.54, 1.807) is 7.05 Å². The minimum Gasteiger partial charge on any atom is -0.358 e. The smallest absolute Gasteiger partial charge is 0.239 e. The predicted octanol–water partition coefficient (Wildman–Crippen LogP) is 1.09. The molecule has 1 N–H and O–H groups in total. The second-order valence-corrected chi connectivity index (χ2v) is 5.33. The molecule has 1 aromatic rings. The van der Waals surface area contributed by atoms with Gasteiger partial charge in [0, 0.05) is 26.7 Å². The van der Waals surface area contributed by atoms with Gasteiger partial charge in [0.1, 0.15) is 0 Å². The van der Waals surface area contributed by atoms with Crippen molar-refractivity contribution in [2.24, 2.45) is 0 Å². The highest BCUT2D eigenvalue weighted by atomic mass is 35.5. The molecule has 0 atom stereocenters. The molecular formula is C13H21ClN6O. The standard InChI is InChI=1S/C13H21ClN6O/c1-3-6-20(9-10(21)15-2)13-17-11(14)16-12(18-13)19-7-4-5-8-19/h3-9H2,1-2H3,(H,15,21). The third kappa shape index (κ3) is 4.17. The summed E-state index contributed by atoms with van der Waals surface area (Å²) in [7, 11) is 1.61. The molecule has 0 spiro atoms. The van der Waals surface area contributed by atoms with E-state index in [-0.39, 0.29) is 17.7 Å². The first-order valence-electron chi connectivity index (χ1n) is 7.26. The highest BCUT2D eigenvalue weighted by Crippen LogP contribution is 2.20. The third-order valence-corrected chi connectivity index (χ3v) is 3.53. The molecule has 1 aliphatic heterocycles. The predicted molar refractivity (Wildman–Crippen MR) is 82.9 cm³/mol. The number of hydrogen-bond acceptors (Lipinski definition) is 6. The maximum atomic E-state index is 11.6. The Kier molecular flexibility index (Phi) is 5.55. The Morgan fingerprint density at radius 3 is 2.67 bits per heavy atom. The Bertz CT molecular complexity index is 492. The second-order valence-electron chi connectivity index (χ2n) is 4.99. The first kappa shape index (κ1) is 15.8. The molecule has 2 rings (SSSR count). The molecule has 21 heavy (non-hydrogen) atoms. The maximum absolute atomic E-state index is 11.6. The van der Waals surface area contributed by atoms with E-state index in [2.05, 4.69) is 25.2 Å². The maximum Gasteiger partial charge on any atom is 0.239 e. The fourth-order valence-electron chi connectivity index (χ4n) is 2.30. The molecule has 116 valence electrons. The summed E-state index contributed by atoms with van der Waals surface area (Å²) >= 11 is 6.03. The summed E-state index contributed by atoms with van der Waals surface area (Å²) in [6, 6.07) is 0. The normalized spacial score (nSPS) is 14.3. The van der Waals surface area contributed by atoms with Crippen LogP contribution >= 0.6 is 11.6 Å². The highest BCUT2D eigenvalue weighted by molar-refractivity contribution is 6.28. The Hall–Kier alpha value is -1.63. The summed E-state index contributed by atoms with van der Waals surface area (Å²) in [6.45, 7) is 4.81. The summed E-state index contributed by atoms with van der Waals surface area (Å²) in [5.41, 5.74) is 0. The number of nitrogens with one attached hydrogen (secondary N) is 1. The SMILES string of the molecule is CCCN(CC(=O)NC)c1nc(Cl)nc(N2CCCC2)n1. The molecule has 1 amide bonds. The number of anilines is 2. The lowest BCUT2D eigenvalue weighted by Crippen LogP contribution is -2.37. The van der Waals surface area contributed by atoms with Crippen molar-refractivity contribution in [2.45, 2.75) is 26.2 Å². The number of rotatable bonds is 6. The van der Waals surface area contributed by atoms with Gasteiger partial charge < -0.3 is 15.1 Å². The molecule has 0 saturated carbocycles. The topological polar surface area (TPSA) is 74.2 Å². The number of nitrogens with zero attached hydrogens (tertiary/aromatic N) is 5. The molecule has 2 heterocycles. The fourth-order valence-corrected chi connectivity index (χ4v) is 2.45. The van der Waals surface area contributed by atoms with Gasteiger partial charge in [0.15, 0.2) is 0 Å². The van der Waals surface area contributed by atoms with E-state index < -0.39 is 0 Å². The number of carbonyl (C=O) groups is 1. The number of likely N-dealkylation sites (N-methyl/N-ethyl adjacent to an activating group) is 1. The zero-order valence-corrected chi connectivity index (χ0v) is 13.2. The lowest BCUT2D eigenvalue weighted by Gasteiger charge is -2.23. The first-order chi connectivity index (χ1) is 10.1. The number of aromatic nitrogens is 3. The van der Waals surface area contributed by atoms with Crippen LogP contribution in [0, 0.1) is 0 Å². The van der Waals surface area contributed by atoms with Crippen LogP contribution < -0.4 is 15.1 Å². The molecule has 0 aliphatic carbocycles. The van der Waals surface area contributed by atoms with Crippen LogP contribution in [0.5, 0.6) is 0 Å². The van der Waals surface area contributed by atoms with Gasteiger partial charge in [-0.25, -0.2) is 0 Å². The van der Waals surface area contributed by atoms with E-state index in [0.717, 1.165) is 32.4 Å². The van der Waals surface area contributed by atoms with Gasteiger partial charge in [-0.1, -0.05) is 6.92 Å². The summed E-state index contributed by atoms with van der Waals surface area (Å²) in [5, 5.41) is 2.78. The van der Waals surface area contributed by atoms with Gasteiger partial charge in [-0.15, -0.1) is 0 Å². The average Bonchev–Trinajstić information content (AvgIpc) is 3.00. The van der Waals surface area contributed by atoms with Crippen LogP contribution in [0.4, 0.5) is 11.9 Å². The van der Waals surface area contributed by atoms with E-state index in [0.29, 0.717) is 18.4 Å². The van der Waals surface area contributed by atoms with Crippen LogP contribution in [0.3, 0.4) is 0 Å². The Morgan fingerprint density at radius 2 is 2.05 bits per heavy atom. The number of amides is 1. The summed E-state index contributed by atoms with van der Waals surface area (Å²) in [4.78, 5) is 28.4. The van der Waals surface area contributed by atoms with Crippen LogP contribution in [0.1, 0.15) is 26.2 Å². The number of carbonyl (C=O) groups excluding carboxylic acids is 1. The van der Waals surface area contributed by atoms with E-state index in [4.69, 9.17) is 11.6 Å². The van der Waals surface area contributed by atoms with Crippen molar-refractivity contribution in [3.05, 3.63) is 5.28 Å². The monoisotopic (exact) mass is 312 g/mol. The van der Waals surface area contributed by atoms with E-state index in [9.17, 15) is 4.79 Å². The van der Waals surface area contributed by atoms with Crippen molar-refractivity contribution in [1.82, 2.24) is 20.3 Å². The minimum absolute atomic E-state index is 0.0808. The molecule has 0 aromatic carbocycles. The Morgan fingerprint density at radius 1 is 1.33 bits per heavy atom. The summed E-state index contributed by atoms with van der Waals surface area (Å²) in [5.74, 6) is 0.977. The summed E-state index contributed by atoms with van der Waals surface area (Å²) in [6.07, 6.45) is 3.16. The van der Waals surface area contributed by atoms with Gasteiger partial charge in [-0.2, -0.15) is 15.0 Å².